The van der Waals surface area contributed by atoms with Crippen LogP contribution in [-0.2, 0) is 27.2 Å². The molecule has 2 amide bonds. The summed E-state index contributed by atoms with van der Waals surface area (Å²) in [7, 11) is 3.65. The number of carbonyl (C=O) groups excluding carboxylic acids is 4. The number of rotatable bonds is 18. The van der Waals surface area contributed by atoms with Gasteiger partial charge in [-0.3, -0.25) is 24.2 Å². The minimum absolute atomic E-state index is 0.00989. The van der Waals surface area contributed by atoms with Crippen LogP contribution in [0.1, 0.15) is 95.6 Å². The van der Waals surface area contributed by atoms with Gasteiger partial charge < -0.3 is 29.2 Å². The third-order valence-corrected chi connectivity index (χ3v) is 11.9. The highest BCUT2D eigenvalue weighted by atomic mass is 19.3. The van der Waals surface area contributed by atoms with E-state index in [9.17, 15) is 28.0 Å². The van der Waals surface area contributed by atoms with Gasteiger partial charge in [0.05, 0.1) is 41.4 Å². The second-order valence-electron chi connectivity index (χ2n) is 16.4. The number of ketones is 2. The van der Waals surface area contributed by atoms with Crippen molar-refractivity contribution < 1.29 is 37.1 Å². The molecule has 2 aromatic carbocycles. The Hall–Kier alpha value is -6.55. The molecule has 14 nitrogen and oxygen atoms in total. The molecule has 2 aliphatic carbocycles. The summed E-state index contributed by atoms with van der Waals surface area (Å²) < 4.78 is 40.9. The van der Waals surface area contributed by atoms with Crippen molar-refractivity contribution in [1.29, 1.82) is 0 Å². The minimum atomic E-state index is -2.98. The molecule has 1 unspecified atom stereocenters. The van der Waals surface area contributed by atoms with Crippen LogP contribution in [0.3, 0.4) is 0 Å². The Morgan fingerprint density at radius 3 is 2.60 bits per heavy atom. The number of Topliss-reactive ketones (excluding diaryl/α,β-unsaturated/α-hetero) is 2. The molecule has 4 heterocycles. The number of para-hydroxylation sites is 1. The number of carbonyl (C=O) groups is 4. The highest BCUT2D eigenvalue weighted by molar-refractivity contribution is 6.06. The Morgan fingerprint density at radius 1 is 1.05 bits per heavy atom. The largest absolute Gasteiger partial charge is 0.444 e. The first-order chi connectivity index (χ1) is 30.4. The Morgan fingerprint density at radius 2 is 1.84 bits per heavy atom. The number of aromatic nitrogens is 4. The van der Waals surface area contributed by atoms with Crippen molar-refractivity contribution in [3.8, 4) is 17.1 Å². The summed E-state index contributed by atoms with van der Waals surface area (Å²) in [6, 6.07) is 15.7. The van der Waals surface area contributed by atoms with Crippen molar-refractivity contribution >= 4 is 40.4 Å². The molecule has 2 saturated carbocycles. The summed E-state index contributed by atoms with van der Waals surface area (Å²) in [4.78, 5) is 65.3. The maximum Gasteiger partial charge on any atom is 0.284 e. The molecule has 16 heteroatoms. The van der Waals surface area contributed by atoms with Crippen LogP contribution >= 0.6 is 0 Å². The third-order valence-electron chi connectivity index (χ3n) is 11.9. The zero-order valence-electron chi connectivity index (χ0n) is 35.4. The van der Waals surface area contributed by atoms with Gasteiger partial charge in [0.15, 0.2) is 17.2 Å². The number of benzene rings is 2. The van der Waals surface area contributed by atoms with Crippen molar-refractivity contribution in [2.45, 2.75) is 76.7 Å². The molecule has 3 aliphatic rings. The van der Waals surface area contributed by atoms with Crippen LogP contribution in [0.4, 0.5) is 25.8 Å². The van der Waals surface area contributed by atoms with Gasteiger partial charge in [0.1, 0.15) is 17.9 Å². The van der Waals surface area contributed by atoms with E-state index in [1.807, 2.05) is 35.0 Å². The Balaban J connectivity index is 0.795. The van der Waals surface area contributed by atoms with Crippen molar-refractivity contribution in [2.75, 3.05) is 49.0 Å². The van der Waals surface area contributed by atoms with E-state index < -0.39 is 18.0 Å². The van der Waals surface area contributed by atoms with Crippen LogP contribution in [0.2, 0.25) is 0 Å². The lowest BCUT2D eigenvalue weighted by Crippen LogP contribution is -2.44. The van der Waals surface area contributed by atoms with Crippen LogP contribution in [-0.4, -0.2) is 87.9 Å². The maximum absolute atomic E-state index is 14.1. The number of halogens is 2. The summed E-state index contributed by atoms with van der Waals surface area (Å²) in [5.41, 5.74) is 4.58. The quantitative estimate of drug-likeness (QED) is 0.0673. The molecule has 0 saturated heterocycles. The van der Waals surface area contributed by atoms with Gasteiger partial charge in [-0.05, 0) is 92.5 Å². The number of alkyl halides is 2. The van der Waals surface area contributed by atoms with Gasteiger partial charge in [-0.25, -0.2) is 18.4 Å². The fraction of sp³-hybridized carbons (Fsp3) is 0.383. The number of oxazole rings is 1. The highest BCUT2D eigenvalue weighted by Gasteiger charge is 2.40. The molecule has 63 heavy (non-hydrogen) atoms. The molecule has 1 aliphatic heterocycles. The van der Waals surface area contributed by atoms with Gasteiger partial charge in [0, 0.05) is 63.3 Å². The van der Waals surface area contributed by atoms with Gasteiger partial charge in [-0.15, -0.1) is 0 Å². The molecule has 5 aromatic rings. The topological polar surface area (TPSA) is 156 Å². The molecular weight excluding hydrogens is 811 g/mol. The Labute approximate surface area is 363 Å². The lowest BCUT2D eigenvalue weighted by Gasteiger charge is -2.32. The molecule has 8 rings (SSSR count). The first kappa shape index (κ1) is 43.1. The number of pyridine rings is 1. The molecule has 1 N–H and O–H groups in total. The second kappa shape index (κ2) is 18.8. The van der Waals surface area contributed by atoms with E-state index in [-0.39, 0.29) is 47.2 Å². The van der Waals surface area contributed by atoms with Crippen molar-refractivity contribution in [2.24, 2.45) is 5.92 Å². The average molecular weight is 861 g/mol. The second-order valence-corrected chi connectivity index (χ2v) is 16.4. The van der Waals surface area contributed by atoms with Gasteiger partial charge in [-0.1, -0.05) is 31.6 Å². The number of hydrogen-bond donors (Lipinski definition) is 1. The number of fused-ring (bicyclic) bond motifs is 1. The van der Waals surface area contributed by atoms with E-state index in [1.54, 1.807) is 48.5 Å². The van der Waals surface area contributed by atoms with Gasteiger partial charge >= 0.3 is 0 Å². The van der Waals surface area contributed by atoms with Gasteiger partial charge in [0.2, 0.25) is 5.89 Å². The van der Waals surface area contributed by atoms with Crippen LogP contribution in [0.5, 0.6) is 0 Å². The number of aryl methyl sites for hydroxylation is 2. The lowest BCUT2D eigenvalue weighted by atomic mass is 9.91. The van der Waals surface area contributed by atoms with E-state index >= 15 is 0 Å². The predicted molar refractivity (Wildman–Crippen MR) is 232 cm³/mol. The van der Waals surface area contributed by atoms with E-state index in [4.69, 9.17) is 9.15 Å². The smallest absolute Gasteiger partial charge is 0.284 e. The number of amides is 2. The van der Waals surface area contributed by atoms with Crippen molar-refractivity contribution in [1.82, 2.24) is 24.6 Å². The molecule has 0 radical (unpaired) electrons. The monoisotopic (exact) mass is 860 g/mol. The first-order valence-electron chi connectivity index (χ1n) is 21.4. The molecule has 328 valence electrons. The summed E-state index contributed by atoms with van der Waals surface area (Å²) in [5.74, 6) is 0.684. The molecule has 1 atom stereocenters. The molecule has 2 fully saturated rings. The lowest BCUT2D eigenvalue weighted by molar-refractivity contribution is -0.130. The standard InChI is InChI=1S/C47H50F2N8O6/c1-29-55(3)43-31(7-4-9-40(43)57(29)39-19-18-36(58)26-41(39)59)8-5-23-62-24-6-22-54(2)47(61)32-13-16-35(17-14-32)56-27-37(42(53-56)44(48)49)51-45(60)38-28-63-46(52-38)33-20-21-50-34(25-33)15-12-30-10-11-30/h4,7,9,13-14,16-17,20-21,25,27-28,30,39,44H,1,5-6,8,10-12,15,18-19,22-24,26H2,2-3H3,(H,51,60). The zero-order chi connectivity index (χ0) is 44.2. The molecular formula is C47H50F2N8O6. The van der Waals surface area contributed by atoms with Gasteiger partial charge in [0.25, 0.3) is 18.2 Å². The SMILES string of the molecule is C=C1N(C)c2c(CCCOCCCN(C)C(=O)c3ccc(-n4cc(NC(=O)c5coc(-c6ccnc(CCC7CC7)c6)n5)c(C(F)F)n4)cc3)cccc2N1C1CCC(=O)CC1=O. The predicted octanol–water partition coefficient (Wildman–Crippen LogP) is 7.98. The normalized spacial score (nSPS) is 16.3. The summed E-state index contributed by atoms with van der Waals surface area (Å²) in [6.07, 6.45) is 8.60. The molecule has 0 bridgehead atoms. The summed E-state index contributed by atoms with van der Waals surface area (Å²) in [6.45, 7) is 5.70. The van der Waals surface area contributed by atoms with E-state index in [0.29, 0.717) is 55.8 Å². The number of hydrogen-bond acceptors (Lipinski definition) is 11. The number of anilines is 3. The van der Waals surface area contributed by atoms with E-state index in [1.165, 1.54) is 30.0 Å². The van der Waals surface area contributed by atoms with E-state index in [0.717, 1.165) is 60.1 Å². The van der Waals surface area contributed by atoms with Gasteiger partial charge in [-0.2, -0.15) is 5.10 Å². The number of ether oxygens (including phenoxy) is 1. The minimum Gasteiger partial charge on any atom is -0.444 e. The number of nitrogens with zero attached hydrogens (tertiary/aromatic N) is 7. The van der Waals surface area contributed by atoms with E-state index in [2.05, 4.69) is 33.0 Å². The molecule has 3 aromatic heterocycles. The zero-order valence-corrected chi connectivity index (χ0v) is 35.4. The van der Waals surface area contributed by atoms with Crippen molar-refractivity contribution in [3.63, 3.8) is 0 Å². The Bertz CT molecular complexity index is 2510. The highest BCUT2D eigenvalue weighted by Crippen LogP contribution is 2.45. The number of nitrogens with one attached hydrogen (secondary N) is 1. The van der Waals surface area contributed by atoms with Crippen LogP contribution in [0.25, 0.3) is 17.1 Å². The molecule has 0 spiro atoms. The fourth-order valence-corrected chi connectivity index (χ4v) is 8.20. The Kier molecular flexibility index (Phi) is 12.9. The van der Waals surface area contributed by atoms with Crippen LogP contribution in [0, 0.1) is 5.92 Å². The first-order valence-corrected chi connectivity index (χ1v) is 21.4. The van der Waals surface area contributed by atoms with Crippen LogP contribution < -0.4 is 15.1 Å². The maximum atomic E-state index is 14.1. The average Bonchev–Trinajstić information content (AvgIpc) is 3.68. The fourth-order valence-electron chi connectivity index (χ4n) is 8.20. The van der Waals surface area contributed by atoms with Crippen molar-refractivity contribution in [3.05, 3.63) is 114 Å². The summed E-state index contributed by atoms with van der Waals surface area (Å²) >= 11 is 0. The third kappa shape index (κ3) is 9.75. The van der Waals surface area contributed by atoms with Crippen LogP contribution in [0.15, 0.2) is 90.1 Å². The summed E-state index contributed by atoms with van der Waals surface area (Å²) in [5, 5.41) is 6.53.